The van der Waals surface area contributed by atoms with Gasteiger partial charge < -0.3 is 10.2 Å². The summed E-state index contributed by atoms with van der Waals surface area (Å²) >= 11 is 1.54. The molecule has 30 heavy (non-hydrogen) atoms. The van der Waals surface area contributed by atoms with E-state index in [1.165, 1.54) is 12.1 Å². The number of nitrogens with one attached hydrogen (secondary N) is 1. The fourth-order valence-corrected chi connectivity index (χ4v) is 5.00. The first-order chi connectivity index (χ1) is 14.5. The maximum atomic E-state index is 13.4. The molecule has 0 bridgehead atoms. The largest absolute Gasteiger partial charge is 0.354 e. The van der Waals surface area contributed by atoms with Gasteiger partial charge in [0.15, 0.2) is 0 Å². The van der Waals surface area contributed by atoms with Gasteiger partial charge in [0.05, 0.1) is 0 Å². The van der Waals surface area contributed by atoms with Gasteiger partial charge in [0.2, 0.25) is 5.91 Å². The number of thioether (sulfide) groups is 1. The van der Waals surface area contributed by atoms with Crippen molar-refractivity contribution in [3.05, 3.63) is 71.0 Å². The average molecular weight is 429 g/mol. The number of hydrogen-bond donors (Lipinski definition) is 1. The van der Waals surface area contributed by atoms with Crippen molar-refractivity contribution < 1.29 is 14.0 Å². The molecule has 0 saturated carbocycles. The summed E-state index contributed by atoms with van der Waals surface area (Å²) in [4.78, 5) is 28.0. The van der Waals surface area contributed by atoms with Gasteiger partial charge in [0.25, 0.3) is 5.91 Å². The fraction of sp³-hybridized carbons (Fsp3) is 0.417. The maximum absolute atomic E-state index is 13.4. The first kappa shape index (κ1) is 22.3. The van der Waals surface area contributed by atoms with E-state index in [0.29, 0.717) is 17.9 Å². The maximum Gasteiger partial charge on any atom is 0.255 e. The minimum absolute atomic E-state index is 0.121. The van der Waals surface area contributed by atoms with Gasteiger partial charge in [0.1, 0.15) is 17.2 Å². The molecule has 3 rings (SSSR count). The van der Waals surface area contributed by atoms with E-state index in [1.807, 2.05) is 19.1 Å². The van der Waals surface area contributed by atoms with Gasteiger partial charge in [-0.2, -0.15) is 0 Å². The van der Waals surface area contributed by atoms with E-state index in [-0.39, 0.29) is 23.0 Å². The number of amides is 2. The predicted molar refractivity (Wildman–Crippen MR) is 120 cm³/mol. The molecule has 4 nitrogen and oxygen atoms in total. The normalized spacial score (nSPS) is 18.4. The number of unbranched alkanes of at least 4 members (excludes halogenated alkanes) is 3. The van der Waals surface area contributed by atoms with Gasteiger partial charge >= 0.3 is 0 Å². The van der Waals surface area contributed by atoms with Gasteiger partial charge in [-0.25, -0.2) is 4.39 Å². The minimum Gasteiger partial charge on any atom is -0.354 e. The number of aryl methyl sites for hydroxylation is 1. The van der Waals surface area contributed by atoms with Crippen molar-refractivity contribution in [1.82, 2.24) is 10.2 Å². The molecule has 2 aromatic carbocycles. The number of halogens is 1. The van der Waals surface area contributed by atoms with E-state index in [2.05, 4.69) is 12.2 Å². The zero-order valence-electron chi connectivity index (χ0n) is 17.6. The lowest BCUT2D eigenvalue weighted by Gasteiger charge is -2.29. The number of hydrogen-bond acceptors (Lipinski definition) is 3. The lowest BCUT2D eigenvalue weighted by atomic mass is 10.1. The van der Waals surface area contributed by atoms with Gasteiger partial charge in [0, 0.05) is 17.9 Å². The molecule has 1 saturated heterocycles. The Morgan fingerprint density at radius 1 is 1.07 bits per heavy atom. The van der Waals surface area contributed by atoms with Crippen LogP contribution in [0.3, 0.4) is 0 Å². The number of rotatable bonds is 8. The Hall–Kier alpha value is -2.34. The molecule has 0 aliphatic carbocycles. The van der Waals surface area contributed by atoms with Crippen molar-refractivity contribution >= 4 is 23.6 Å². The van der Waals surface area contributed by atoms with Crippen LogP contribution in [0.15, 0.2) is 48.5 Å². The third kappa shape index (κ3) is 5.42. The third-order valence-corrected chi connectivity index (χ3v) is 6.64. The molecule has 6 heteroatoms. The summed E-state index contributed by atoms with van der Waals surface area (Å²) in [6, 6.07) is 13.0. The monoisotopic (exact) mass is 428 g/mol. The van der Waals surface area contributed by atoms with Crippen LogP contribution >= 0.6 is 11.8 Å². The second kappa shape index (κ2) is 10.6. The lowest BCUT2D eigenvalue weighted by Crippen LogP contribution is -2.48. The summed E-state index contributed by atoms with van der Waals surface area (Å²) in [6.07, 6.45) is 4.32. The first-order valence-corrected chi connectivity index (χ1v) is 11.6. The average Bonchev–Trinajstić information content (AvgIpc) is 3.19. The zero-order valence-corrected chi connectivity index (χ0v) is 18.4. The Balaban J connectivity index is 1.80. The van der Waals surface area contributed by atoms with E-state index >= 15 is 0 Å². The number of carbonyl (C=O) groups excluding carboxylic acids is 2. The van der Waals surface area contributed by atoms with Crippen LogP contribution in [0, 0.1) is 12.7 Å². The smallest absolute Gasteiger partial charge is 0.255 e. The van der Waals surface area contributed by atoms with Crippen molar-refractivity contribution in [2.75, 3.05) is 12.3 Å². The van der Waals surface area contributed by atoms with Crippen molar-refractivity contribution in [3.8, 4) is 0 Å². The summed E-state index contributed by atoms with van der Waals surface area (Å²) < 4.78 is 13.4. The summed E-state index contributed by atoms with van der Waals surface area (Å²) in [5.41, 5.74) is 2.44. The standard InChI is InChI=1S/C24H29FN2O2S/c1-3-4-5-6-15-26-22(28)21-16-30-24(19-11-13-20(25)14-12-19)27(21)23(29)18-9-7-17(2)8-10-18/h7-14,21,24H,3-6,15-16H2,1-2H3,(H,26,28)/t21-,24+/m1/s1. The molecule has 1 heterocycles. The SMILES string of the molecule is CCCCCCNC(=O)[C@H]1CS[C@@H](c2ccc(F)cc2)N1C(=O)c1ccc(C)cc1. The highest BCUT2D eigenvalue weighted by Gasteiger charge is 2.42. The highest BCUT2D eigenvalue weighted by atomic mass is 32.2. The minimum atomic E-state index is -0.551. The van der Waals surface area contributed by atoms with E-state index in [4.69, 9.17) is 0 Å². The molecule has 0 unspecified atom stereocenters. The topological polar surface area (TPSA) is 49.4 Å². The summed E-state index contributed by atoms with van der Waals surface area (Å²) in [7, 11) is 0. The van der Waals surface area contributed by atoms with Crippen LogP contribution < -0.4 is 5.32 Å². The number of nitrogens with zero attached hydrogens (tertiary/aromatic N) is 1. The Morgan fingerprint density at radius 2 is 1.77 bits per heavy atom. The zero-order chi connectivity index (χ0) is 21.5. The summed E-state index contributed by atoms with van der Waals surface area (Å²) in [6.45, 7) is 4.74. The van der Waals surface area contributed by atoms with E-state index < -0.39 is 6.04 Å². The van der Waals surface area contributed by atoms with Gasteiger partial charge in [-0.15, -0.1) is 11.8 Å². The Morgan fingerprint density at radius 3 is 2.43 bits per heavy atom. The Bertz CT molecular complexity index is 855. The molecule has 0 spiro atoms. The van der Waals surface area contributed by atoms with E-state index in [9.17, 15) is 14.0 Å². The summed E-state index contributed by atoms with van der Waals surface area (Å²) in [5.74, 6) is -0.107. The molecule has 1 aliphatic heterocycles. The predicted octanol–water partition coefficient (Wildman–Crippen LogP) is 5.09. The highest BCUT2D eigenvalue weighted by Crippen LogP contribution is 2.42. The van der Waals surface area contributed by atoms with Crippen molar-refractivity contribution in [2.45, 2.75) is 50.9 Å². The van der Waals surface area contributed by atoms with Gasteiger partial charge in [-0.3, -0.25) is 9.59 Å². The molecular formula is C24H29FN2O2S. The molecule has 0 aromatic heterocycles. The third-order valence-electron chi connectivity index (χ3n) is 5.32. The lowest BCUT2D eigenvalue weighted by molar-refractivity contribution is -0.124. The fourth-order valence-electron chi connectivity index (χ4n) is 3.57. The van der Waals surface area contributed by atoms with Crippen molar-refractivity contribution in [2.24, 2.45) is 0 Å². The second-order valence-electron chi connectivity index (χ2n) is 7.68. The molecular weight excluding hydrogens is 399 g/mol. The van der Waals surface area contributed by atoms with Crippen LogP contribution in [-0.4, -0.2) is 35.1 Å². The molecule has 2 aromatic rings. The summed E-state index contributed by atoms with van der Waals surface area (Å²) in [5, 5.41) is 2.68. The molecule has 1 fully saturated rings. The van der Waals surface area contributed by atoms with Crippen LogP contribution in [0.25, 0.3) is 0 Å². The van der Waals surface area contributed by atoms with Gasteiger partial charge in [-0.05, 0) is 43.2 Å². The Labute approximate surface area is 182 Å². The quantitative estimate of drug-likeness (QED) is 0.596. The van der Waals surface area contributed by atoms with Crippen molar-refractivity contribution in [1.29, 1.82) is 0 Å². The molecule has 2 amide bonds. The van der Waals surface area contributed by atoms with Crippen molar-refractivity contribution in [3.63, 3.8) is 0 Å². The molecule has 2 atom stereocenters. The van der Waals surface area contributed by atoms with E-state index in [1.54, 1.807) is 40.9 Å². The van der Waals surface area contributed by atoms with Crippen LogP contribution in [0.4, 0.5) is 4.39 Å². The Kier molecular flexibility index (Phi) is 7.91. The first-order valence-electron chi connectivity index (χ1n) is 10.6. The highest BCUT2D eigenvalue weighted by molar-refractivity contribution is 7.99. The molecule has 1 N–H and O–H groups in total. The molecule has 1 aliphatic rings. The van der Waals surface area contributed by atoms with Crippen LogP contribution in [-0.2, 0) is 4.79 Å². The molecule has 0 radical (unpaired) electrons. The van der Waals surface area contributed by atoms with Crippen LogP contribution in [0.1, 0.15) is 59.5 Å². The molecule has 160 valence electrons. The number of benzene rings is 2. The van der Waals surface area contributed by atoms with Crippen LogP contribution in [0.5, 0.6) is 0 Å². The van der Waals surface area contributed by atoms with Crippen LogP contribution in [0.2, 0.25) is 0 Å². The number of carbonyl (C=O) groups is 2. The van der Waals surface area contributed by atoms with Gasteiger partial charge in [-0.1, -0.05) is 56.0 Å². The van der Waals surface area contributed by atoms with E-state index in [0.717, 1.165) is 36.8 Å². The second-order valence-corrected chi connectivity index (χ2v) is 8.80.